The van der Waals surface area contributed by atoms with Gasteiger partial charge in [0.05, 0.1) is 30.7 Å². The van der Waals surface area contributed by atoms with Crippen LogP contribution in [0.2, 0.25) is 0 Å². The standard InChI is InChI=1S/C27H25F3N6O6/c1-16-10-18(2-3-19(16)25(37)34-6-8-35(9-7-34)26(38)40-14-17-12-39-13-17)42-24-23-32-11-21(36(23)5-4-31-24)20-15-41-33-22(20)27(28,29)30/h2-5,10-11,15,17H,6-9,12-14H2,1H3. The van der Waals surface area contributed by atoms with Crippen LogP contribution in [0.5, 0.6) is 11.6 Å². The first-order valence-electron chi connectivity index (χ1n) is 13.1. The number of aromatic nitrogens is 4. The highest BCUT2D eigenvalue weighted by molar-refractivity contribution is 5.96. The predicted octanol–water partition coefficient (Wildman–Crippen LogP) is 4.04. The number of piperazine rings is 1. The first-order valence-corrected chi connectivity index (χ1v) is 13.1. The number of aryl methyl sites for hydroxylation is 1. The van der Waals surface area contributed by atoms with Gasteiger partial charge in [0.15, 0.2) is 5.69 Å². The maximum atomic E-state index is 13.4. The second kappa shape index (κ2) is 11.0. The van der Waals surface area contributed by atoms with Crippen molar-refractivity contribution in [3.8, 4) is 22.9 Å². The smallest absolute Gasteiger partial charge is 0.437 e. The van der Waals surface area contributed by atoms with E-state index in [2.05, 4.69) is 19.6 Å². The Bertz CT molecular complexity index is 1620. The number of amides is 2. The minimum atomic E-state index is -4.71. The van der Waals surface area contributed by atoms with Gasteiger partial charge in [0, 0.05) is 50.1 Å². The Labute approximate surface area is 236 Å². The first kappa shape index (κ1) is 27.5. The molecule has 6 rings (SSSR count). The van der Waals surface area contributed by atoms with Crippen molar-refractivity contribution in [2.24, 2.45) is 5.92 Å². The van der Waals surface area contributed by atoms with Crippen LogP contribution in [0, 0.1) is 12.8 Å². The third-order valence-corrected chi connectivity index (χ3v) is 7.13. The third-order valence-electron chi connectivity index (χ3n) is 7.13. The highest BCUT2D eigenvalue weighted by atomic mass is 19.4. The number of hydrogen-bond acceptors (Lipinski definition) is 9. The maximum Gasteiger partial charge on any atom is 0.437 e. The Kier molecular flexibility index (Phi) is 7.18. The van der Waals surface area contributed by atoms with Crippen LogP contribution < -0.4 is 4.74 Å². The van der Waals surface area contributed by atoms with Gasteiger partial charge in [0.25, 0.3) is 11.8 Å². The van der Waals surface area contributed by atoms with Gasteiger partial charge in [-0.15, -0.1) is 0 Å². The van der Waals surface area contributed by atoms with Crippen molar-refractivity contribution >= 4 is 17.6 Å². The average Bonchev–Trinajstić information content (AvgIpc) is 3.60. The van der Waals surface area contributed by atoms with E-state index in [1.807, 2.05) is 0 Å². The quantitative estimate of drug-likeness (QED) is 0.329. The van der Waals surface area contributed by atoms with Gasteiger partial charge in [-0.1, -0.05) is 5.16 Å². The molecule has 0 saturated carbocycles. The number of rotatable bonds is 6. The largest absolute Gasteiger partial charge is 0.449 e. The van der Waals surface area contributed by atoms with Gasteiger partial charge >= 0.3 is 12.3 Å². The normalized spacial score (nSPS) is 16.0. The number of halogens is 3. The molecule has 0 N–H and O–H groups in total. The maximum absolute atomic E-state index is 13.4. The highest BCUT2D eigenvalue weighted by Crippen LogP contribution is 2.37. The van der Waals surface area contributed by atoms with Crippen LogP contribution in [0.3, 0.4) is 0 Å². The number of benzene rings is 1. The molecule has 42 heavy (non-hydrogen) atoms. The van der Waals surface area contributed by atoms with Crippen LogP contribution in [-0.2, 0) is 15.7 Å². The van der Waals surface area contributed by atoms with Crippen molar-refractivity contribution in [3.63, 3.8) is 0 Å². The monoisotopic (exact) mass is 586 g/mol. The Hall–Kier alpha value is -4.66. The summed E-state index contributed by atoms with van der Waals surface area (Å²) in [6.07, 6.45) is -0.114. The molecule has 2 saturated heterocycles. The van der Waals surface area contributed by atoms with E-state index >= 15 is 0 Å². The molecule has 0 spiro atoms. The number of fused-ring (bicyclic) bond motifs is 1. The molecule has 2 aliphatic heterocycles. The van der Waals surface area contributed by atoms with Gasteiger partial charge in [-0.05, 0) is 30.7 Å². The summed E-state index contributed by atoms with van der Waals surface area (Å²) in [5.41, 5.74) is -0.0314. The molecule has 4 aromatic rings. The van der Waals surface area contributed by atoms with Crippen molar-refractivity contribution in [2.45, 2.75) is 13.1 Å². The number of nitrogens with zero attached hydrogens (tertiary/aromatic N) is 6. The molecule has 1 aromatic carbocycles. The van der Waals surface area contributed by atoms with E-state index in [9.17, 15) is 22.8 Å². The number of imidazole rings is 1. The molecule has 2 fully saturated rings. The summed E-state index contributed by atoms with van der Waals surface area (Å²) in [5, 5.41) is 3.09. The fraction of sp³-hybridized carbons (Fsp3) is 0.370. The van der Waals surface area contributed by atoms with E-state index in [4.69, 9.17) is 14.2 Å². The minimum absolute atomic E-state index is 0.0556. The van der Waals surface area contributed by atoms with E-state index < -0.39 is 11.9 Å². The van der Waals surface area contributed by atoms with E-state index in [0.717, 1.165) is 6.26 Å². The molecule has 15 heteroatoms. The lowest BCUT2D eigenvalue weighted by Crippen LogP contribution is -2.51. The van der Waals surface area contributed by atoms with Crippen LogP contribution in [-0.4, -0.2) is 87.3 Å². The summed E-state index contributed by atoms with van der Waals surface area (Å²) < 4.78 is 62.4. The Balaban J connectivity index is 1.12. The Morgan fingerprint density at radius 1 is 1.10 bits per heavy atom. The molecule has 5 heterocycles. The van der Waals surface area contributed by atoms with Gasteiger partial charge < -0.3 is 28.5 Å². The van der Waals surface area contributed by atoms with Crippen LogP contribution in [0.25, 0.3) is 16.9 Å². The lowest BCUT2D eigenvalue weighted by atomic mass is 10.1. The van der Waals surface area contributed by atoms with E-state index in [0.29, 0.717) is 62.9 Å². The van der Waals surface area contributed by atoms with Gasteiger partial charge in [-0.25, -0.2) is 14.8 Å². The van der Waals surface area contributed by atoms with Crippen molar-refractivity contribution in [1.29, 1.82) is 0 Å². The van der Waals surface area contributed by atoms with Crippen molar-refractivity contribution in [2.75, 3.05) is 46.0 Å². The molecule has 2 amide bonds. The molecule has 3 aromatic heterocycles. The zero-order valence-electron chi connectivity index (χ0n) is 22.3. The second-order valence-electron chi connectivity index (χ2n) is 9.98. The van der Waals surface area contributed by atoms with Gasteiger partial charge in [-0.3, -0.25) is 9.20 Å². The van der Waals surface area contributed by atoms with Crippen LogP contribution in [0.15, 0.2) is 47.6 Å². The number of carbonyl (C=O) groups is 2. The Morgan fingerprint density at radius 3 is 2.55 bits per heavy atom. The first-order chi connectivity index (χ1) is 20.2. The highest BCUT2D eigenvalue weighted by Gasteiger charge is 2.38. The van der Waals surface area contributed by atoms with Crippen LogP contribution in [0.1, 0.15) is 21.6 Å². The number of hydrogen-bond donors (Lipinski definition) is 0. The summed E-state index contributed by atoms with van der Waals surface area (Å²) in [4.78, 5) is 37.2. The zero-order chi connectivity index (χ0) is 29.4. The molecule has 0 atom stereocenters. The van der Waals surface area contributed by atoms with Crippen molar-refractivity contribution in [3.05, 3.63) is 59.9 Å². The number of alkyl halides is 3. The molecular weight excluding hydrogens is 561 g/mol. The van der Waals surface area contributed by atoms with E-state index in [1.54, 1.807) is 34.9 Å². The zero-order valence-corrected chi connectivity index (χ0v) is 22.3. The summed E-state index contributed by atoms with van der Waals surface area (Å²) in [6, 6.07) is 4.91. The molecular formula is C27H25F3N6O6. The fourth-order valence-corrected chi connectivity index (χ4v) is 4.76. The molecule has 0 aliphatic carbocycles. The van der Waals surface area contributed by atoms with E-state index in [1.165, 1.54) is 23.0 Å². The van der Waals surface area contributed by atoms with Crippen LogP contribution >= 0.6 is 0 Å². The topological polar surface area (TPSA) is 125 Å². The van der Waals surface area contributed by atoms with Gasteiger partial charge in [-0.2, -0.15) is 13.2 Å². The molecule has 12 nitrogen and oxygen atoms in total. The number of carbonyl (C=O) groups excluding carboxylic acids is 2. The summed E-state index contributed by atoms with van der Waals surface area (Å²) in [5.74, 6) is 0.490. The molecule has 0 unspecified atom stereocenters. The van der Waals surface area contributed by atoms with Crippen LogP contribution in [0.4, 0.5) is 18.0 Å². The SMILES string of the molecule is Cc1cc(Oc2nccn3c(-c4conc4C(F)(F)F)cnc23)ccc1C(=O)N1CCN(C(=O)OCC2COC2)CC1. The summed E-state index contributed by atoms with van der Waals surface area (Å²) >= 11 is 0. The average molecular weight is 587 g/mol. The van der Waals surface area contributed by atoms with Gasteiger partial charge in [0.1, 0.15) is 18.6 Å². The number of ether oxygens (including phenoxy) is 3. The lowest BCUT2D eigenvalue weighted by Gasteiger charge is -2.35. The van der Waals surface area contributed by atoms with Crippen molar-refractivity contribution < 1.29 is 41.5 Å². The minimum Gasteiger partial charge on any atom is -0.449 e. The molecule has 220 valence electrons. The van der Waals surface area contributed by atoms with Crippen molar-refractivity contribution in [1.82, 2.24) is 29.3 Å². The lowest BCUT2D eigenvalue weighted by molar-refractivity contribution is -0.142. The summed E-state index contributed by atoms with van der Waals surface area (Å²) in [7, 11) is 0. The Morgan fingerprint density at radius 2 is 1.86 bits per heavy atom. The second-order valence-corrected chi connectivity index (χ2v) is 9.98. The molecule has 2 aliphatic rings. The fourth-order valence-electron chi connectivity index (χ4n) is 4.76. The summed E-state index contributed by atoms with van der Waals surface area (Å²) in [6.45, 7) is 4.78. The van der Waals surface area contributed by atoms with E-state index in [-0.39, 0.29) is 40.7 Å². The molecule has 0 bridgehead atoms. The third kappa shape index (κ3) is 5.34. The van der Waals surface area contributed by atoms with Gasteiger partial charge in [0.2, 0.25) is 5.65 Å². The predicted molar refractivity (Wildman–Crippen MR) is 138 cm³/mol. The molecule has 0 radical (unpaired) electrons.